The highest BCUT2D eigenvalue weighted by molar-refractivity contribution is 9.10. The maximum Gasteiger partial charge on any atom is 0.188 e. The van der Waals surface area contributed by atoms with Gasteiger partial charge in [0.25, 0.3) is 0 Å². The number of nitrogens with two attached hydrogens (primary N) is 1. The number of hydrogen-bond acceptors (Lipinski definition) is 1. The third-order valence-corrected chi connectivity index (χ3v) is 1.63. The summed E-state index contributed by atoms with van der Waals surface area (Å²) in [7, 11) is 0. The molecule has 0 radical (unpaired) electrons. The maximum absolute atomic E-state index is 12.8. The summed E-state index contributed by atoms with van der Waals surface area (Å²) < 4.78 is 11.4. The van der Waals surface area contributed by atoms with E-state index < -0.39 is 4.58 Å². The van der Waals surface area contributed by atoms with Crippen molar-refractivity contribution in [1.29, 1.82) is 0 Å². The molecule has 0 heterocycles. The zero-order chi connectivity index (χ0) is 6.91. The van der Waals surface area contributed by atoms with Gasteiger partial charge < -0.3 is 5.73 Å². The molecule has 1 nitrogen and oxygen atoms in total. The summed E-state index contributed by atoms with van der Waals surface area (Å²) in [5.41, 5.74) is 5.92. The van der Waals surface area contributed by atoms with Gasteiger partial charge in [0.2, 0.25) is 0 Å². The smallest absolute Gasteiger partial charge is 0.188 e. The normalized spacial score (nSPS) is 34.2. The molecule has 1 unspecified atom stereocenters. The van der Waals surface area contributed by atoms with Crippen LogP contribution in [0.2, 0.25) is 0 Å². The van der Waals surface area contributed by atoms with E-state index in [0.29, 0.717) is 5.70 Å². The van der Waals surface area contributed by atoms with E-state index in [9.17, 15) is 4.39 Å². The molecule has 0 bridgehead atoms. The van der Waals surface area contributed by atoms with Crippen molar-refractivity contribution in [2.75, 3.05) is 0 Å². The molecule has 0 fully saturated rings. The van der Waals surface area contributed by atoms with Gasteiger partial charge in [-0.25, -0.2) is 4.39 Å². The lowest BCUT2D eigenvalue weighted by Gasteiger charge is -2.16. The number of allylic oxidation sites excluding steroid dienone is 4. The predicted octanol–water partition coefficient (Wildman–Crippen LogP) is 1.85. The van der Waals surface area contributed by atoms with Crippen molar-refractivity contribution in [2.24, 2.45) is 5.73 Å². The van der Waals surface area contributed by atoms with Gasteiger partial charge >= 0.3 is 0 Å². The highest BCUT2D eigenvalue weighted by Gasteiger charge is 2.24. The average Bonchev–Trinajstić information content (AvgIpc) is 1.60. The van der Waals surface area contributed by atoms with E-state index in [1.54, 1.807) is 12.2 Å². The molecule has 0 aliphatic heterocycles. The summed E-state index contributed by atoms with van der Waals surface area (Å²) >= 11 is 2.86. The molecule has 1 atom stereocenters. The quantitative estimate of drug-likeness (QED) is 0.582. The molecule has 0 aromatic rings. The standard InChI is InChI=1S/C6H7BrFN/c7-6(8)3-1-2-5(9)4-6/h1-3H,4,9H2. The molecule has 0 aromatic carbocycles. The Kier molecular flexibility index (Phi) is 1.62. The number of rotatable bonds is 0. The SMILES string of the molecule is NC1=CC=CC(F)(Br)C1. The van der Waals surface area contributed by atoms with Crippen molar-refractivity contribution < 1.29 is 4.39 Å². The molecule has 0 amide bonds. The molecule has 0 aromatic heterocycles. The van der Waals surface area contributed by atoms with Crippen LogP contribution in [0.1, 0.15) is 6.42 Å². The molecule has 1 aliphatic carbocycles. The largest absolute Gasteiger partial charge is 0.402 e. The van der Waals surface area contributed by atoms with E-state index in [4.69, 9.17) is 5.73 Å². The second kappa shape index (κ2) is 2.14. The number of alkyl halides is 2. The van der Waals surface area contributed by atoms with Crippen molar-refractivity contribution in [2.45, 2.75) is 11.0 Å². The highest BCUT2D eigenvalue weighted by Crippen LogP contribution is 2.30. The second-order valence-corrected chi connectivity index (χ2v) is 3.36. The van der Waals surface area contributed by atoms with Gasteiger partial charge in [-0.1, -0.05) is 6.08 Å². The Morgan fingerprint density at radius 2 is 2.44 bits per heavy atom. The minimum absolute atomic E-state index is 0.240. The number of halogens is 2. The van der Waals surface area contributed by atoms with Crippen LogP contribution in [-0.2, 0) is 0 Å². The van der Waals surface area contributed by atoms with E-state index in [-0.39, 0.29) is 6.42 Å². The van der Waals surface area contributed by atoms with Crippen molar-refractivity contribution >= 4 is 15.9 Å². The van der Waals surface area contributed by atoms with Crippen LogP contribution < -0.4 is 5.73 Å². The third kappa shape index (κ3) is 1.82. The van der Waals surface area contributed by atoms with Crippen LogP contribution >= 0.6 is 15.9 Å². The van der Waals surface area contributed by atoms with Gasteiger partial charge in [0.05, 0.1) is 0 Å². The van der Waals surface area contributed by atoms with Gasteiger partial charge in [-0.05, 0) is 28.1 Å². The van der Waals surface area contributed by atoms with Crippen LogP contribution in [0.4, 0.5) is 4.39 Å². The molecule has 2 N–H and O–H groups in total. The van der Waals surface area contributed by atoms with Crippen LogP contribution in [0.3, 0.4) is 0 Å². The first kappa shape index (κ1) is 6.81. The van der Waals surface area contributed by atoms with Gasteiger partial charge in [-0.15, -0.1) is 0 Å². The van der Waals surface area contributed by atoms with Gasteiger partial charge in [0.1, 0.15) is 0 Å². The lowest BCUT2D eigenvalue weighted by atomic mass is 10.1. The van der Waals surface area contributed by atoms with Crippen LogP contribution in [0.5, 0.6) is 0 Å². The first-order chi connectivity index (χ1) is 4.10. The zero-order valence-corrected chi connectivity index (χ0v) is 6.36. The first-order valence-corrected chi connectivity index (χ1v) is 3.41. The first-order valence-electron chi connectivity index (χ1n) is 2.62. The van der Waals surface area contributed by atoms with E-state index in [1.165, 1.54) is 6.08 Å². The highest BCUT2D eigenvalue weighted by atomic mass is 79.9. The molecule has 0 saturated heterocycles. The fourth-order valence-corrected chi connectivity index (χ4v) is 1.18. The average molecular weight is 192 g/mol. The molecule has 9 heavy (non-hydrogen) atoms. The molecule has 3 heteroatoms. The lowest BCUT2D eigenvalue weighted by Crippen LogP contribution is -2.16. The minimum atomic E-state index is -1.41. The summed E-state index contributed by atoms with van der Waals surface area (Å²) in [5, 5.41) is 0. The lowest BCUT2D eigenvalue weighted by molar-refractivity contribution is 0.360. The molecular formula is C6H7BrFN. The Morgan fingerprint density at radius 3 is 2.78 bits per heavy atom. The van der Waals surface area contributed by atoms with E-state index >= 15 is 0 Å². The minimum Gasteiger partial charge on any atom is -0.402 e. The summed E-state index contributed by atoms with van der Waals surface area (Å²) in [4.78, 5) is 0. The topological polar surface area (TPSA) is 26.0 Å². The number of hydrogen-bond donors (Lipinski definition) is 1. The Hall–Kier alpha value is -0.310. The molecule has 0 spiro atoms. The fourth-order valence-electron chi connectivity index (χ4n) is 0.702. The van der Waals surface area contributed by atoms with Crippen molar-refractivity contribution in [1.82, 2.24) is 0 Å². The second-order valence-electron chi connectivity index (χ2n) is 2.04. The van der Waals surface area contributed by atoms with E-state index in [0.717, 1.165) is 0 Å². The van der Waals surface area contributed by atoms with Gasteiger partial charge in [-0.3, -0.25) is 0 Å². The summed E-state index contributed by atoms with van der Waals surface area (Å²) in [6, 6.07) is 0. The maximum atomic E-state index is 12.8. The predicted molar refractivity (Wildman–Crippen MR) is 38.8 cm³/mol. The fraction of sp³-hybridized carbons (Fsp3) is 0.333. The van der Waals surface area contributed by atoms with E-state index in [2.05, 4.69) is 15.9 Å². The summed E-state index contributed by atoms with van der Waals surface area (Å²) in [6.45, 7) is 0. The summed E-state index contributed by atoms with van der Waals surface area (Å²) in [6.07, 6.45) is 4.97. The van der Waals surface area contributed by atoms with Crippen molar-refractivity contribution in [3.63, 3.8) is 0 Å². The van der Waals surface area contributed by atoms with Crippen LogP contribution in [0.15, 0.2) is 23.9 Å². The third-order valence-electron chi connectivity index (χ3n) is 1.09. The van der Waals surface area contributed by atoms with Crippen LogP contribution in [0.25, 0.3) is 0 Å². The van der Waals surface area contributed by atoms with Gasteiger partial charge in [0, 0.05) is 12.1 Å². The Labute approximate surface area is 61.6 Å². The molecule has 1 rings (SSSR count). The molecular weight excluding hydrogens is 185 g/mol. The van der Waals surface area contributed by atoms with Gasteiger partial charge in [0.15, 0.2) is 4.58 Å². The molecule has 50 valence electrons. The van der Waals surface area contributed by atoms with Crippen molar-refractivity contribution in [3.05, 3.63) is 23.9 Å². The Morgan fingerprint density at radius 1 is 1.78 bits per heavy atom. The Bertz CT molecular complexity index is 172. The molecule has 0 saturated carbocycles. The summed E-state index contributed by atoms with van der Waals surface area (Å²) in [5.74, 6) is 0. The monoisotopic (exact) mass is 191 g/mol. The van der Waals surface area contributed by atoms with Gasteiger partial charge in [-0.2, -0.15) is 0 Å². The van der Waals surface area contributed by atoms with E-state index in [1.807, 2.05) is 0 Å². The van der Waals surface area contributed by atoms with Crippen LogP contribution in [-0.4, -0.2) is 4.58 Å². The Balaban J connectivity index is 2.73. The van der Waals surface area contributed by atoms with Crippen LogP contribution in [0, 0.1) is 0 Å². The molecule has 1 aliphatic rings. The van der Waals surface area contributed by atoms with Crippen molar-refractivity contribution in [3.8, 4) is 0 Å². The zero-order valence-electron chi connectivity index (χ0n) is 4.77.